The molecule has 26 heavy (non-hydrogen) atoms. The SMILES string of the molecule is COCCc1ncnc2c1ncn2[C@@H]1O[C@H](COS(N)(=O)=O)[C@@H](O)[C@H]1O. The Kier molecular flexibility index (Phi) is 5.47. The number of hydrogen-bond acceptors (Lipinski definition) is 10. The Morgan fingerprint density at radius 2 is 2.08 bits per heavy atom. The van der Waals surface area contributed by atoms with Gasteiger partial charge in [0, 0.05) is 13.5 Å². The summed E-state index contributed by atoms with van der Waals surface area (Å²) in [4.78, 5) is 12.6. The Morgan fingerprint density at radius 3 is 2.77 bits per heavy atom. The number of aromatic nitrogens is 4. The standard InChI is InChI=1S/C13H19N5O7S/c1-23-3-2-7-9-12(16-5-15-7)18(6-17-9)13-11(20)10(19)8(25-13)4-24-26(14,21)22/h5-6,8,10-11,13,19-20H,2-4H2,1H3,(H2,14,21,22)/t8-,10-,11-,13-/m1/s1. The zero-order valence-corrected chi connectivity index (χ0v) is 14.6. The molecule has 2 aromatic heterocycles. The van der Waals surface area contributed by atoms with E-state index in [1.54, 1.807) is 7.11 Å². The first-order chi connectivity index (χ1) is 12.3. The highest BCUT2D eigenvalue weighted by atomic mass is 32.2. The van der Waals surface area contributed by atoms with Crippen LogP contribution in [-0.4, -0.2) is 76.8 Å². The Hall–Kier alpha value is -1.74. The van der Waals surface area contributed by atoms with Crippen LogP contribution in [0.3, 0.4) is 0 Å². The monoisotopic (exact) mass is 389 g/mol. The van der Waals surface area contributed by atoms with Crippen molar-refractivity contribution in [2.75, 3.05) is 20.3 Å². The number of nitrogens with zero attached hydrogens (tertiary/aromatic N) is 4. The van der Waals surface area contributed by atoms with Crippen LogP contribution >= 0.6 is 0 Å². The van der Waals surface area contributed by atoms with Crippen molar-refractivity contribution in [1.29, 1.82) is 0 Å². The third-order valence-corrected chi connectivity index (χ3v) is 4.45. The van der Waals surface area contributed by atoms with E-state index in [4.69, 9.17) is 14.6 Å². The van der Waals surface area contributed by atoms with Gasteiger partial charge in [-0.05, 0) is 0 Å². The molecule has 0 amide bonds. The molecule has 13 heteroatoms. The minimum atomic E-state index is -4.20. The first kappa shape index (κ1) is 19.0. The molecule has 3 rings (SSSR count). The predicted octanol–water partition coefficient (Wildman–Crippen LogP) is -2.15. The average Bonchev–Trinajstić information content (AvgIpc) is 3.13. The van der Waals surface area contributed by atoms with Gasteiger partial charge in [-0.15, -0.1) is 0 Å². The molecule has 0 radical (unpaired) electrons. The van der Waals surface area contributed by atoms with Gasteiger partial charge < -0.3 is 19.7 Å². The fraction of sp³-hybridized carbons (Fsp3) is 0.615. The maximum absolute atomic E-state index is 10.9. The Labute approximate surface area is 148 Å². The highest BCUT2D eigenvalue weighted by molar-refractivity contribution is 7.84. The van der Waals surface area contributed by atoms with Crippen LogP contribution in [0, 0.1) is 0 Å². The molecule has 0 bridgehead atoms. The molecule has 0 aliphatic carbocycles. The molecule has 2 aromatic rings. The molecular weight excluding hydrogens is 370 g/mol. The molecule has 1 aliphatic heterocycles. The number of rotatable bonds is 7. The second-order valence-corrected chi connectivity index (χ2v) is 6.93. The van der Waals surface area contributed by atoms with Crippen LogP contribution in [-0.2, 0) is 30.4 Å². The van der Waals surface area contributed by atoms with Crippen molar-refractivity contribution in [3.05, 3.63) is 18.3 Å². The van der Waals surface area contributed by atoms with Crippen LogP contribution < -0.4 is 5.14 Å². The number of imidazole rings is 1. The molecule has 3 heterocycles. The number of fused-ring (bicyclic) bond motifs is 1. The summed E-state index contributed by atoms with van der Waals surface area (Å²) in [6, 6.07) is 0. The van der Waals surface area contributed by atoms with Gasteiger partial charge >= 0.3 is 10.3 Å². The highest BCUT2D eigenvalue weighted by Gasteiger charge is 2.44. The van der Waals surface area contributed by atoms with Gasteiger partial charge in [0.25, 0.3) is 0 Å². The molecule has 4 N–H and O–H groups in total. The fourth-order valence-corrected chi connectivity index (χ4v) is 3.05. The molecule has 1 fully saturated rings. The van der Waals surface area contributed by atoms with E-state index in [0.29, 0.717) is 29.9 Å². The number of aliphatic hydroxyl groups is 2. The molecule has 4 atom stereocenters. The zero-order valence-electron chi connectivity index (χ0n) is 13.8. The second-order valence-electron chi connectivity index (χ2n) is 5.71. The lowest BCUT2D eigenvalue weighted by Gasteiger charge is -2.16. The van der Waals surface area contributed by atoms with E-state index in [-0.39, 0.29) is 0 Å². The normalized spacial score (nSPS) is 26.6. The average molecular weight is 389 g/mol. The molecule has 0 spiro atoms. The van der Waals surface area contributed by atoms with E-state index in [0.717, 1.165) is 0 Å². The van der Waals surface area contributed by atoms with Gasteiger partial charge in [0.1, 0.15) is 30.2 Å². The third kappa shape index (κ3) is 3.83. The summed E-state index contributed by atoms with van der Waals surface area (Å²) in [7, 11) is -2.62. The van der Waals surface area contributed by atoms with Crippen molar-refractivity contribution in [2.24, 2.45) is 5.14 Å². The summed E-state index contributed by atoms with van der Waals surface area (Å²) in [6.45, 7) is -0.0819. The van der Waals surface area contributed by atoms with Gasteiger partial charge in [-0.1, -0.05) is 0 Å². The van der Waals surface area contributed by atoms with Crippen molar-refractivity contribution in [2.45, 2.75) is 31.0 Å². The van der Waals surface area contributed by atoms with Gasteiger partial charge in [-0.25, -0.2) is 20.1 Å². The lowest BCUT2D eigenvalue weighted by molar-refractivity contribution is -0.0467. The zero-order chi connectivity index (χ0) is 18.9. The summed E-state index contributed by atoms with van der Waals surface area (Å²) in [6.07, 6.45) is -1.58. The lowest BCUT2D eigenvalue weighted by atomic mass is 10.1. The van der Waals surface area contributed by atoms with Crippen LogP contribution in [0.2, 0.25) is 0 Å². The van der Waals surface area contributed by atoms with Gasteiger partial charge in [0.2, 0.25) is 0 Å². The molecule has 1 aliphatic rings. The maximum atomic E-state index is 10.9. The topological polar surface area (TPSA) is 172 Å². The number of aliphatic hydroxyl groups excluding tert-OH is 2. The van der Waals surface area contributed by atoms with Crippen LogP contribution in [0.4, 0.5) is 0 Å². The van der Waals surface area contributed by atoms with E-state index in [1.165, 1.54) is 17.2 Å². The minimum Gasteiger partial charge on any atom is -0.387 e. The van der Waals surface area contributed by atoms with Crippen LogP contribution in [0.5, 0.6) is 0 Å². The quantitative estimate of drug-likeness (QED) is 0.474. The van der Waals surface area contributed by atoms with Crippen LogP contribution in [0.1, 0.15) is 11.9 Å². The number of hydrogen-bond donors (Lipinski definition) is 3. The van der Waals surface area contributed by atoms with Gasteiger partial charge in [-0.2, -0.15) is 8.42 Å². The summed E-state index contributed by atoms with van der Waals surface area (Å²) in [5.74, 6) is 0. The van der Waals surface area contributed by atoms with Gasteiger partial charge in [-0.3, -0.25) is 8.75 Å². The summed E-state index contributed by atoms with van der Waals surface area (Å²) in [5, 5.41) is 25.1. The lowest BCUT2D eigenvalue weighted by Crippen LogP contribution is -2.35. The smallest absolute Gasteiger partial charge is 0.333 e. The van der Waals surface area contributed by atoms with E-state index in [2.05, 4.69) is 19.1 Å². The largest absolute Gasteiger partial charge is 0.387 e. The van der Waals surface area contributed by atoms with E-state index >= 15 is 0 Å². The molecule has 0 unspecified atom stereocenters. The molecular formula is C13H19N5O7S. The highest BCUT2D eigenvalue weighted by Crippen LogP contribution is 2.32. The summed E-state index contributed by atoms with van der Waals surface area (Å²) < 4.78 is 38.3. The molecule has 12 nitrogen and oxygen atoms in total. The predicted molar refractivity (Wildman–Crippen MR) is 85.9 cm³/mol. The maximum Gasteiger partial charge on any atom is 0.333 e. The van der Waals surface area contributed by atoms with Crippen LogP contribution in [0.25, 0.3) is 11.2 Å². The molecule has 144 valence electrons. The van der Waals surface area contributed by atoms with E-state index < -0.39 is 41.5 Å². The number of nitrogens with two attached hydrogens (primary N) is 1. The van der Waals surface area contributed by atoms with Crippen molar-refractivity contribution in [3.8, 4) is 0 Å². The van der Waals surface area contributed by atoms with Gasteiger partial charge in [0.05, 0.1) is 25.2 Å². The number of methoxy groups -OCH3 is 1. The van der Waals surface area contributed by atoms with Crippen molar-refractivity contribution in [1.82, 2.24) is 19.5 Å². The third-order valence-electron chi connectivity index (χ3n) is 3.99. The van der Waals surface area contributed by atoms with Crippen molar-refractivity contribution in [3.63, 3.8) is 0 Å². The number of ether oxygens (including phenoxy) is 2. The van der Waals surface area contributed by atoms with Crippen molar-refractivity contribution < 1.29 is 32.3 Å². The summed E-state index contributed by atoms with van der Waals surface area (Å²) >= 11 is 0. The first-order valence-electron chi connectivity index (χ1n) is 7.66. The fourth-order valence-electron chi connectivity index (χ4n) is 2.73. The molecule has 0 aromatic carbocycles. The van der Waals surface area contributed by atoms with E-state index in [1.807, 2.05) is 0 Å². The molecule has 1 saturated heterocycles. The minimum absolute atomic E-state index is 0.398. The van der Waals surface area contributed by atoms with E-state index in [9.17, 15) is 18.6 Å². The second kappa shape index (κ2) is 7.48. The Morgan fingerprint density at radius 1 is 1.31 bits per heavy atom. The van der Waals surface area contributed by atoms with Gasteiger partial charge in [0.15, 0.2) is 11.9 Å². The molecule has 0 saturated carbocycles. The van der Waals surface area contributed by atoms with Crippen LogP contribution in [0.15, 0.2) is 12.7 Å². The first-order valence-corrected chi connectivity index (χ1v) is 9.13. The Bertz CT molecular complexity index is 873. The Balaban J connectivity index is 1.84. The van der Waals surface area contributed by atoms with Crippen molar-refractivity contribution >= 4 is 21.5 Å². The summed E-state index contributed by atoms with van der Waals surface area (Å²) in [5.41, 5.74) is 1.58.